The van der Waals surface area contributed by atoms with Crippen LogP contribution in [0.15, 0.2) is 16.8 Å². The van der Waals surface area contributed by atoms with Gasteiger partial charge in [0.1, 0.15) is 11.8 Å². The SMILES string of the molecule is CCCc1noc(-c2cc(C#N)cn2C)n1. The van der Waals surface area contributed by atoms with Crippen LogP contribution in [0.1, 0.15) is 24.7 Å². The van der Waals surface area contributed by atoms with Crippen LogP contribution in [0.4, 0.5) is 0 Å². The molecule has 0 N–H and O–H groups in total. The van der Waals surface area contributed by atoms with Crippen molar-refractivity contribution in [3.05, 3.63) is 23.7 Å². The van der Waals surface area contributed by atoms with Crippen LogP contribution in [0, 0.1) is 11.3 Å². The predicted octanol–water partition coefficient (Wildman–Crippen LogP) is 1.90. The van der Waals surface area contributed by atoms with Crippen LogP contribution in [-0.2, 0) is 13.5 Å². The minimum absolute atomic E-state index is 0.465. The third kappa shape index (κ3) is 1.82. The third-order valence-electron chi connectivity index (χ3n) is 2.29. The van der Waals surface area contributed by atoms with Crippen molar-refractivity contribution in [3.63, 3.8) is 0 Å². The number of rotatable bonds is 3. The molecule has 5 heteroatoms. The molecule has 0 bridgehead atoms. The summed E-state index contributed by atoms with van der Waals surface area (Å²) < 4.78 is 6.96. The maximum Gasteiger partial charge on any atom is 0.274 e. The molecule has 2 aromatic heterocycles. The third-order valence-corrected chi connectivity index (χ3v) is 2.29. The largest absolute Gasteiger partial charge is 0.345 e. The Bertz CT molecular complexity index is 532. The van der Waals surface area contributed by atoms with E-state index < -0.39 is 0 Å². The van der Waals surface area contributed by atoms with Gasteiger partial charge in [-0.15, -0.1) is 0 Å². The summed E-state index contributed by atoms with van der Waals surface area (Å²) in [7, 11) is 1.85. The van der Waals surface area contributed by atoms with Crippen molar-refractivity contribution in [2.75, 3.05) is 0 Å². The Kier molecular flexibility index (Phi) is 2.73. The standard InChI is InChI=1S/C11H12N4O/c1-3-4-10-13-11(16-14-10)9-5-8(6-12)7-15(9)2/h5,7H,3-4H2,1-2H3. The minimum Gasteiger partial charge on any atom is -0.345 e. The van der Waals surface area contributed by atoms with Gasteiger partial charge in [-0.2, -0.15) is 10.2 Å². The Morgan fingerprint density at radius 3 is 3.00 bits per heavy atom. The molecule has 0 aromatic carbocycles. The van der Waals surface area contributed by atoms with E-state index >= 15 is 0 Å². The lowest BCUT2D eigenvalue weighted by Crippen LogP contribution is -1.90. The second kappa shape index (κ2) is 4.19. The lowest BCUT2D eigenvalue weighted by Gasteiger charge is -1.94. The van der Waals surface area contributed by atoms with Crippen LogP contribution in [0.25, 0.3) is 11.6 Å². The van der Waals surface area contributed by atoms with Crippen molar-refractivity contribution in [3.8, 4) is 17.7 Å². The van der Waals surface area contributed by atoms with Crippen molar-refractivity contribution in [1.29, 1.82) is 5.26 Å². The number of hydrogen-bond donors (Lipinski definition) is 0. The second-order valence-corrected chi connectivity index (χ2v) is 3.60. The minimum atomic E-state index is 0.465. The zero-order valence-corrected chi connectivity index (χ0v) is 9.27. The molecule has 0 amide bonds. The summed E-state index contributed by atoms with van der Waals surface area (Å²) in [6.45, 7) is 2.06. The van der Waals surface area contributed by atoms with Crippen molar-refractivity contribution in [1.82, 2.24) is 14.7 Å². The molecule has 0 aliphatic carbocycles. The molecule has 0 saturated heterocycles. The molecule has 0 aliphatic heterocycles. The van der Waals surface area contributed by atoms with Gasteiger partial charge in [0.2, 0.25) is 0 Å². The van der Waals surface area contributed by atoms with E-state index in [1.165, 1.54) is 0 Å². The van der Waals surface area contributed by atoms with Gasteiger partial charge in [-0.3, -0.25) is 0 Å². The first-order valence-corrected chi connectivity index (χ1v) is 5.14. The first-order valence-electron chi connectivity index (χ1n) is 5.14. The molecule has 2 aromatic rings. The van der Waals surface area contributed by atoms with Crippen LogP contribution in [0.5, 0.6) is 0 Å². The highest BCUT2D eigenvalue weighted by molar-refractivity contribution is 5.52. The van der Waals surface area contributed by atoms with E-state index in [4.69, 9.17) is 9.78 Å². The second-order valence-electron chi connectivity index (χ2n) is 3.60. The lowest BCUT2D eigenvalue weighted by molar-refractivity contribution is 0.419. The Labute approximate surface area is 93.3 Å². The molecule has 82 valence electrons. The fourth-order valence-electron chi connectivity index (χ4n) is 1.52. The van der Waals surface area contributed by atoms with Crippen molar-refractivity contribution in [2.24, 2.45) is 7.05 Å². The maximum absolute atomic E-state index is 8.78. The van der Waals surface area contributed by atoms with Gasteiger partial charge < -0.3 is 9.09 Å². The van der Waals surface area contributed by atoms with Crippen LogP contribution in [-0.4, -0.2) is 14.7 Å². The highest BCUT2D eigenvalue weighted by Gasteiger charge is 2.12. The summed E-state index contributed by atoms with van der Waals surface area (Å²) >= 11 is 0. The summed E-state index contributed by atoms with van der Waals surface area (Å²) in [6, 6.07) is 3.82. The molecule has 0 unspecified atom stereocenters. The van der Waals surface area contributed by atoms with Crippen molar-refractivity contribution >= 4 is 0 Å². The van der Waals surface area contributed by atoms with Gasteiger partial charge in [0.15, 0.2) is 5.82 Å². The average molecular weight is 216 g/mol. The molecular formula is C11H12N4O. The number of aryl methyl sites for hydroxylation is 2. The lowest BCUT2D eigenvalue weighted by atomic mass is 10.3. The van der Waals surface area contributed by atoms with Crippen LogP contribution in [0.3, 0.4) is 0 Å². The Hall–Kier alpha value is -2.09. The summed E-state index contributed by atoms with van der Waals surface area (Å²) in [4.78, 5) is 4.27. The molecule has 16 heavy (non-hydrogen) atoms. The Morgan fingerprint density at radius 1 is 1.56 bits per heavy atom. The molecule has 0 spiro atoms. The number of aromatic nitrogens is 3. The summed E-state index contributed by atoms with van der Waals surface area (Å²) in [6.07, 6.45) is 3.52. The van der Waals surface area contributed by atoms with E-state index in [1.807, 2.05) is 11.6 Å². The molecule has 2 heterocycles. The van der Waals surface area contributed by atoms with Gasteiger partial charge in [-0.1, -0.05) is 12.1 Å². The van der Waals surface area contributed by atoms with Gasteiger partial charge >= 0.3 is 0 Å². The molecular weight excluding hydrogens is 204 g/mol. The molecule has 0 fully saturated rings. The fourth-order valence-corrected chi connectivity index (χ4v) is 1.52. The van der Waals surface area contributed by atoms with Crippen LogP contribution in [0.2, 0.25) is 0 Å². The highest BCUT2D eigenvalue weighted by atomic mass is 16.5. The van der Waals surface area contributed by atoms with E-state index in [9.17, 15) is 0 Å². The van der Waals surface area contributed by atoms with Crippen molar-refractivity contribution < 1.29 is 4.52 Å². The summed E-state index contributed by atoms with van der Waals surface area (Å²) in [5, 5.41) is 12.7. The van der Waals surface area contributed by atoms with Gasteiger partial charge in [0, 0.05) is 19.7 Å². The Balaban J connectivity index is 2.35. The van der Waals surface area contributed by atoms with Gasteiger partial charge in [0.05, 0.1) is 5.56 Å². The monoisotopic (exact) mass is 216 g/mol. The molecule has 2 rings (SSSR count). The van der Waals surface area contributed by atoms with Crippen LogP contribution < -0.4 is 0 Å². The Morgan fingerprint density at radius 2 is 2.38 bits per heavy atom. The molecule has 0 saturated carbocycles. The molecule has 0 radical (unpaired) electrons. The number of nitriles is 1. The van der Waals surface area contributed by atoms with E-state index in [0.717, 1.165) is 18.5 Å². The molecule has 0 atom stereocenters. The normalized spacial score (nSPS) is 10.3. The summed E-state index contributed by atoms with van der Waals surface area (Å²) in [5.74, 6) is 1.17. The number of hydrogen-bond acceptors (Lipinski definition) is 4. The van der Waals surface area contributed by atoms with Gasteiger partial charge in [-0.05, 0) is 12.5 Å². The van der Waals surface area contributed by atoms with E-state index in [0.29, 0.717) is 17.3 Å². The molecule has 0 aliphatic rings. The summed E-state index contributed by atoms with van der Waals surface area (Å²) in [5.41, 5.74) is 1.36. The fraction of sp³-hybridized carbons (Fsp3) is 0.364. The number of nitrogens with zero attached hydrogens (tertiary/aromatic N) is 4. The maximum atomic E-state index is 8.78. The molecule has 5 nitrogen and oxygen atoms in total. The van der Waals surface area contributed by atoms with E-state index in [1.54, 1.807) is 12.3 Å². The highest BCUT2D eigenvalue weighted by Crippen LogP contribution is 2.19. The van der Waals surface area contributed by atoms with Gasteiger partial charge in [0.25, 0.3) is 5.89 Å². The van der Waals surface area contributed by atoms with E-state index in [2.05, 4.69) is 23.1 Å². The predicted molar refractivity (Wildman–Crippen MR) is 57.4 cm³/mol. The first kappa shape index (κ1) is 10.4. The zero-order valence-electron chi connectivity index (χ0n) is 9.27. The smallest absolute Gasteiger partial charge is 0.274 e. The van der Waals surface area contributed by atoms with Crippen LogP contribution >= 0.6 is 0 Å². The van der Waals surface area contributed by atoms with Crippen molar-refractivity contribution in [2.45, 2.75) is 19.8 Å². The quantitative estimate of drug-likeness (QED) is 0.785. The van der Waals surface area contributed by atoms with Gasteiger partial charge in [-0.25, -0.2) is 0 Å². The zero-order chi connectivity index (χ0) is 11.5. The average Bonchev–Trinajstić information content (AvgIpc) is 2.85. The first-order chi connectivity index (χ1) is 7.74. The topological polar surface area (TPSA) is 67.6 Å². The van der Waals surface area contributed by atoms with E-state index in [-0.39, 0.29) is 0 Å².